The van der Waals surface area contributed by atoms with Crippen LogP contribution < -0.4 is 0 Å². The Balaban J connectivity index is 1.93. The maximum Gasteiger partial charge on any atom is 0.234 e. The number of hydrogen-bond donors (Lipinski definition) is 0. The fourth-order valence-corrected chi connectivity index (χ4v) is 3.47. The number of benzene rings is 2. The molecule has 146 valence electrons. The average molecular weight is 377 g/mol. The maximum atomic E-state index is 13.8. The highest BCUT2D eigenvalue weighted by Gasteiger charge is 2.27. The van der Waals surface area contributed by atoms with Crippen LogP contribution in [0.5, 0.6) is 0 Å². The second kappa shape index (κ2) is 9.90. The predicted molar refractivity (Wildman–Crippen MR) is 112 cm³/mol. The van der Waals surface area contributed by atoms with E-state index in [1.54, 1.807) is 7.11 Å². The minimum atomic E-state index is -0.315. The highest BCUT2D eigenvalue weighted by atomic mass is 16.5. The summed E-state index contributed by atoms with van der Waals surface area (Å²) in [6.07, 6.45) is 2.82. The molecule has 0 fully saturated rings. The Morgan fingerprint density at radius 3 is 2.07 bits per heavy atom. The predicted octanol–water partition coefficient (Wildman–Crippen LogP) is 4.22. The lowest BCUT2D eigenvalue weighted by molar-refractivity contribution is -0.132. The number of amides is 1. The van der Waals surface area contributed by atoms with Gasteiger partial charge in [-0.15, -0.1) is 0 Å². The topological polar surface area (TPSA) is 34.5 Å². The van der Waals surface area contributed by atoms with E-state index in [0.29, 0.717) is 19.7 Å². The lowest BCUT2D eigenvalue weighted by Crippen LogP contribution is -2.37. The van der Waals surface area contributed by atoms with E-state index in [2.05, 4.69) is 10.6 Å². The minimum absolute atomic E-state index is 0.120. The van der Waals surface area contributed by atoms with Gasteiger partial charge in [0.2, 0.25) is 5.91 Å². The van der Waals surface area contributed by atoms with Gasteiger partial charge < -0.3 is 14.2 Å². The zero-order valence-corrected chi connectivity index (χ0v) is 16.6. The van der Waals surface area contributed by atoms with Crippen molar-refractivity contribution in [1.29, 1.82) is 0 Å². The Kier molecular flexibility index (Phi) is 7.04. The van der Waals surface area contributed by atoms with E-state index in [4.69, 9.17) is 4.74 Å². The molecule has 28 heavy (non-hydrogen) atoms. The van der Waals surface area contributed by atoms with Crippen molar-refractivity contribution in [2.24, 2.45) is 7.05 Å². The average Bonchev–Trinajstić information content (AvgIpc) is 3.13. The van der Waals surface area contributed by atoms with Gasteiger partial charge in [0.15, 0.2) is 0 Å². The van der Waals surface area contributed by atoms with Gasteiger partial charge in [0, 0.05) is 39.2 Å². The molecule has 0 spiro atoms. The van der Waals surface area contributed by atoms with Gasteiger partial charge in [-0.1, -0.05) is 60.7 Å². The number of nitrogens with zero attached hydrogens (tertiary/aromatic N) is 2. The van der Waals surface area contributed by atoms with E-state index < -0.39 is 0 Å². The summed E-state index contributed by atoms with van der Waals surface area (Å²) in [4.78, 5) is 15.7. The molecule has 3 aromatic rings. The normalized spacial score (nSPS) is 11.0. The number of carbonyl (C=O) groups is 1. The van der Waals surface area contributed by atoms with Crippen molar-refractivity contribution in [2.45, 2.75) is 18.9 Å². The van der Waals surface area contributed by atoms with E-state index in [0.717, 1.165) is 23.2 Å². The molecule has 0 N–H and O–H groups in total. The van der Waals surface area contributed by atoms with Crippen LogP contribution in [-0.4, -0.2) is 35.6 Å². The van der Waals surface area contributed by atoms with Crippen LogP contribution in [0.25, 0.3) is 0 Å². The zero-order chi connectivity index (χ0) is 19.8. The van der Waals surface area contributed by atoms with Crippen molar-refractivity contribution < 1.29 is 9.53 Å². The van der Waals surface area contributed by atoms with Crippen LogP contribution in [0.1, 0.15) is 29.2 Å². The quantitative estimate of drug-likeness (QED) is 0.524. The van der Waals surface area contributed by atoms with Crippen LogP contribution in [0.2, 0.25) is 0 Å². The van der Waals surface area contributed by atoms with Gasteiger partial charge in [-0.2, -0.15) is 0 Å². The fourth-order valence-electron chi connectivity index (χ4n) is 3.47. The molecule has 3 rings (SSSR count). The molecule has 0 bridgehead atoms. The van der Waals surface area contributed by atoms with Crippen molar-refractivity contribution in [2.75, 3.05) is 20.3 Å². The van der Waals surface area contributed by atoms with E-state index in [-0.39, 0.29) is 11.8 Å². The molecule has 2 aromatic carbocycles. The molecule has 0 radical (unpaired) electrons. The van der Waals surface area contributed by atoms with Crippen LogP contribution in [0.15, 0.2) is 79.0 Å². The lowest BCUT2D eigenvalue weighted by Gasteiger charge is -2.28. The van der Waals surface area contributed by atoms with Crippen LogP contribution >= 0.6 is 0 Å². The Labute approximate surface area is 167 Å². The Morgan fingerprint density at radius 1 is 0.964 bits per heavy atom. The van der Waals surface area contributed by atoms with Crippen LogP contribution in [0.3, 0.4) is 0 Å². The lowest BCUT2D eigenvalue weighted by atomic mass is 9.90. The number of methoxy groups -OCH3 is 1. The first-order valence-electron chi connectivity index (χ1n) is 9.68. The molecule has 1 amide bonds. The Bertz CT molecular complexity index is 819. The summed E-state index contributed by atoms with van der Waals surface area (Å²) >= 11 is 0. The minimum Gasteiger partial charge on any atom is -0.385 e. The first-order chi connectivity index (χ1) is 13.7. The Hall–Kier alpha value is -2.85. The molecule has 1 aromatic heterocycles. The SMILES string of the molecule is COCCCN(Cc1cccn1C)C(=O)C(c1ccccc1)c1ccccc1. The fraction of sp³-hybridized carbons (Fsp3) is 0.292. The standard InChI is InChI=1S/C24H28N2O2/c1-25-16-9-15-22(25)19-26(17-10-18-28-2)24(27)23(20-11-5-3-6-12-20)21-13-7-4-8-14-21/h3-9,11-16,23H,10,17-19H2,1-2H3. The molecule has 0 aliphatic rings. The number of carbonyl (C=O) groups excluding carboxylic acids is 1. The summed E-state index contributed by atoms with van der Waals surface area (Å²) in [5.74, 6) is -0.195. The number of aromatic nitrogens is 1. The van der Waals surface area contributed by atoms with E-state index in [1.807, 2.05) is 84.9 Å². The molecule has 0 aliphatic carbocycles. The van der Waals surface area contributed by atoms with E-state index in [1.165, 1.54) is 0 Å². The molecule has 0 unspecified atom stereocenters. The third-order valence-electron chi connectivity index (χ3n) is 5.01. The van der Waals surface area contributed by atoms with Crippen molar-refractivity contribution in [3.8, 4) is 0 Å². The number of rotatable bonds is 9. The number of hydrogen-bond acceptors (Lipinski definition) is 2. The summed E-state index contributed by atoms with van der Waals surface area (Å²) in [6.45, 7) is 1.88. The second-order valence-corrected chi connectivity index (χ2v) is 6.97. The molecular formula is C24H28N2O2. The number of aryl methyl sites for hydroxylation is 1. The molecule has 1 heterocycles. The largest absolute Gasteiger partial charge is 0.385 e. The number of ether oxygens (including phenoxy) is 1. The van der Waals surface area contributed by atoms with Crippen molar-refractivity contribution in [3.63, 3.8) is 0 Å². The van der Waals surface area contributed by atoms with Crippen molar-refractivity contribution >= 4 is 5.91 Å². The van der Waals surface area contributed by atoms with Crippen LogP contribution in [0.4, 0.5) is 0 Å². The summed E-state index contributed by atoms with van der Waals surface area (Å²) in [5, 5.41) is 0. The van der Waals surface area contributed by atoms with Gasteiger partial charge in [-0.3, -0.25) is 4.79 Å². The van der Waals surface area contributed by atoms with Gasteiger partial charge in [-0.25, -0.2) is 0 Å². The monoisotopic (exact) mass is 376 g/mol. The van der Waals surface area contributed by atoms with Gasteiger partial charge in [0.05, 0.1) is 12.5 Å². The zero-order valence-electron chi connectivity index (χ0n) is 16.6. The first kappa shape index (κ1) is 19.9. The third kappa shape index (κ3) is 4.90. The first-order valence-corrected chi connectivity index (χ1v) is 9.68. The highest BCUT2D eigenvalue weighted by Crippen LogP contribution is 2.27. The summed E-state index contributed by atoms with van der Waals surface area (Å²) in [5.41, 5.74) is 3.15. The molecule has 0 atom stereocenters. The third-order valence-corrected chi connectivity index (χ3v) is 5.01. The van der Waals surface area contributed by atoms with Crippen molar-refractivity contribution in [1.82, 2.24) is 9.47 Å². The Morgan fingerprint density at radius 2 is 1.57 bits per heavy atom. The van der Waals surface area contributed by atoms with Gasteiger partial charge >= 0.3 is 0 Å². The highest BCUT2D eigenvalue weighted by molar-refractivity contribution is 5.87. The molecule has 0 saturated heterocycles. The maximum absolute atomic E-state index is 13.8. The smallest absolute Gasteiger partial charge is 0.234 e. The summed E-state index contributed by atoms with van der Waals surface area (Å²) in [7, 11) is 3.71. The van der Waals surface area contributed by atoms with Crippen LogP contribution in [-0.2, 0) is 23.1 Å². The van der Waals surface area contributed by atoms with Crippen LogP contribution in [0, 0.1) is 0 Å². The summed E-state index contributed by atoms with van der Waals surface area (Å²) in [6, 6.07) is 24.1. The molecular weight excluding hydrogens is 348 g/mol. The van der Waals surface area contributed by atoms with Crippen molar-refractivity contribution in [3.05, 3.63) is 95.8 Å². The molecule has 0 aliphatic heterocycles. The van der Waals surface area contributed by atoms with Gasteiger partial charge in [-0.05, 0) is 29.7 Å². The molecule has 0 saturated carbocycles. The van der Waals surface area contributed by atoms with E-state index in [9.17, 15) is 4.79 Å². The molecule has 4 heteroatoms. The second-order valence-electron chi connectivity index (χ2n) is 6.97. The van der Waals surface area contributed by atoms with Gasteiger partial charge in [0.25, 0.3) is 0 Å². The molecule has 4 nitrogen and oxygen atoms in total. The van der Waals surface area contributed by atoms with Gasteiger partial charge in [0.1, 0.15) is 0 Å². The summed E-state index contributed by atoms with van der Waals surface area (Å²) < 4.78 is 7.28. The van der Waals surface area contributed by atoms with E-state index >= 15 is 0 Å².